The third kappa shape index (κ3) is 5.35. The quantitative estimate of drug-likeness (QED) is 0.699. The van der Waals surface area contributed by atoms with E-state index >= 15 is 0 Å². The fourth-order valence-corrected chi connectivity index (χ4v) is 1.77. The van der Waals surface area contributed by atoms with Gasteiger partial charge in [-0.15, -0.1) is 5.10 Å². The molecular weight excluding hydrogens is 246 g/mol. The summed E-state index contributed by atoms with van der Waals surface area (Å²) >= 11 is 0. The highest BCUT2D eigenvalue weighted by molar-refractivity contribution is 5.84. The van der Waals surface area contributed by atoms with Gasteiger partial charge in [0.25, 0.3) is 0 Å². The van der Waals surface area contributed by atoms with Crippen LogP contribution < -0.4 is 5.32 Å². The lowest BCUT2D eigenvalue weighted by Gasteiger charge is -2.25. The molecule has 0 aliphatic heterocycles. The van der Waals surface area contributed by atoms with Crippen LogP contribution in [0.4, 0.5) is 0 Å². The maximum Gasteiger partial charge on any atom is 0.358 e. The minimum Gasteiger partial charge on any atom is -0.476 e. The summed E-state index contributed by atoms with van der Waals surface area (Å²) in [7, 11) is 4.10. The van der Waals surface area contributed by atoms with Crippen LogP contribution in [0.3, 0.4) is 0 Å². The van der Waals surface area contributed by atoms with Crippen LogP contribution in [0.25, 0.3) is 0 Å². The van der Waals surface area contributed by atoms with E-state index in [1.54, 1.807) is 4.68 Å². The summed E-state index contributed by atoms with van der Waals surface area (Å²) in [4.78, 5) is 12.8. The predicted octanol–water partition coefficient (Wildman–Crippen LogP) is 0.152. The minimum absolute atomic E-state index is 0.0197. The Bertz CT molecular complexity index is 403. The number of hydrogen-bond donors (Lipinski definition) is 2. The average Bonchev–Trinajstić information content (AvgIpc) is 2.75. The van der Waals surface area contributed by atoms with Gasteiger partial charge in [-0.1, -0.05) is 19.1 Å². The zero-order chi connectivity index (χ0) is 14.4. The van der Waals surface area contributed by atoms with Crippen molar-refractivity contribution in [3.8, 4) is 0 Å². The summed E-state index contributed by atoms with van der Waals surface area (Å²) in [6.45, 7) is 6.67. The lowest BCUT2D eigenvalue weighted by atomic mass is 10.0. The summed E-state index contributed by atoms with van der Waals surface area (Å²) in [5.74, 6) is -0.514. The Hall–Kier alpha value is -1.47. The molecule has 1 heterocycles. The molecule has 19 heavy (non-hydrogen) atoms. The second-order valence-electron chi connectivity index (χ2n) is 5.24. The molecule has 0 aliphatic rings. The Morgan fingerprint density at radius 3 is 2.68 bits per heavy atom. The second-order valence-corrected chi connectivity index (χ2v) is 5.24. The van der Waals surface area contributed by atoms with Crippen LogP contribution in [-0.4, -0.2) is 64.2 Å². The van der Waals surface area contributed by atoms with Crippen LogP contribution in [0.5, 0.6) is 0 Å². The zero-order valence-corrected chi connectivity index (χ0v) is 12.0. The molecule has 0 radical (unpaired) electrons. The first-order chi connectivity index (χ1) is 8.90. The number of hydrogen-bond acceptors (Lipinski definition) is 5. The van der Waals surface area contributed by atoms with E-state index in [1.807, 2.05) is 14.1 Å². The van der Waals surface area contributed by atoms with Gasteiger partial charge in [-0.3, -0.25) is 4.68 Å². The summed E-state index contributed by atoms with van der Waals surface area (Å²) in [5, 5.41) is 19.6. The van der Waals surface area contributed by atoms with E-state index in [0.29, 0.717) is 18.5 Å². The minimum atomic E-state index is -1.05. The normalized spacial score (nSPS) is 13.2. The molecule has 1 unspecified atom stereocenters. The van der Waals surface area contributed by atoms with Crippen LogP contribution in [0.15, 0.2) is 6.20 Å². The van der Waals surface area contributed by atoms with Gasteiger partial charge in [0.1, 0.15) is 0 Å². The van der Waals surface area contributed by atoms with Crippen molar-refractivity contribution in [3.05, 3.63) is 11.9 Å². The first-order valence-corrected chi connectivity index (χ1v) is 6.41. The molecule has 7 nitrogen and oxygen atoms in total. The highest BCUT2D eigenvalue weighted by atomic mass is 16.4. The van der Waals surface area contributed by atoms with Crippen molar-refractivity contribution < 1.29 is 9.90 Å². The SMILES string of the molecule is CC(C)C(CN(C)C)NCCn1cc(C(=O)O)nn1. The summed E-state index contributed by atoms with van der Waals surface area (Å²) in [6, 6.07) is 0.400. The maximum absolute atomic E-state index is 10.7. The highest BCUT2D eigenvalue weighted by Crippen LogP contribution is 2.02. The Labute approximate surface area is 113 Å². The van der Waals surface area contributed by atoms with E-state index in [9.17, 15) is 4.79 Å². The van der Waals surface area contributed by atoms with Crippen molar-refractivity contribution in [2.75, 3.05) is 27.2 Å². The molecule has 0 aromatic carbocycles. The predicted molar refractivity (Wildman–Crippen MR) is 72.2 cm³/mol. The fourth-order valence-electron chi connectivity index (χ4n) is 1.77. The molecule has 2 N–H and O–H groups in total. The zero-order valence-electron chi connectivity index (χ0n) is 12.0. The second kappa shape index (κ2) is 7.20. The van der Waals surface area contributed by atoms with Gasteiger partial charge in [0.15, 0.2) is 5.69 Å². The molecule has 0 spiro atoms. The number of aromatic carboxylic acids is 1. The molecule has 7 heteroatoms. The number of carbonyl (C=O) groups is 1. The molecule has 1 aromatic heterocycles. The number of nitrogens with zero attached hydrogens (tertiary/aromatic N) is 4. The van der Waals surface area contributed by atoms with Gasteiger partial charge in [-0.25, -0.2) is 4.79 Å². The summed E-state index contributed by atoms with van der Waals surface area (Å²) in [6.07, 6.45) is 1.44. The number of likely N-dealkylation sites (N-methyl/N-ethyl adjacent to an activating group) is 1. The highest BCUT2D eigenvalue weighted by Gasteiger charge is 2.13. The standard InChI is InChI=1S/C12H23N5O2/c1-9(2)10(7-16(3)4)13-5-6-17-8-11(12(18)19)14-15-17/h8-10,13H,5-7H2,1-4H3,(H,18,19). The van der Waals surface area contributed by atoms with Crippen molar-refractivity contribution >= 4 is 5.97 Å². The van der Waals surface area contributed by atoms with E-state index in [4.69, 9.17) is 5.11 Å². The Morgan fingerprint density at radius 2 is 2.21 bits per heavy atom. The first kappa shape index (κ1) is 15.6. The van der Waals surface area contributed by atoms with Crippen LogP contribution in [0.1, 0.15) is 24.3 Å². The molecular formula is C12H23N5O2. The van der Waals surface area contributed by atoms with Crippen molar-refractivity contribution in [2.45, 2.75) is 26.4 Å². The number of aromatic nitrogens is 3. The molecule has 1 aromatic rings. The molecule has 0 aliphatic carbocycles. The molecule has 108 valence electrons. The number of carboxylic acids is 1. The van der Waals surface area contributed by atoms with Gasteiger partial charge in [0, 0.05) is 19.1 Å². The van der Waals surface area contributed by atoms with Crippen LogP contribution in [-0.2, 0) is 6.54 Å². The number of rotatable bonds is 8. The van der Waals surface area contributed by atoms with Gasteiger partial charge in [0.2, 0.25) is 0 Å². The summed E-state index contributed by atoms with van der Waals surface area (Å²) < 4.78 is 1.55. The smallest absolute Gasteiger partial charge is 0.358 e. The molecule has 0 bridgehead atoms. The average molecular weight is 269 g/mol. The largest absolute Gasteiger partial charge is 0.476 e. The van der Waals surface area contributed by atoms with Gasteiger partial charge >= 0.3 is 5.97 Å². The Kier molecular flexibility index (Phi) is 5.91. The van der Waals surface area contributed by atoms with Gasteiger partial charge in [-0.05, 0) is 20.0 Å². The van der Waals surface area contributed by atoms with Gasteiger partial charge < -0.3 is 15.3 Å². The monoisotopic (exact) mass is 269 g/mol. The van der Waals surface area contributed by atoms with Crippen LogP contribution in [0, 0.1) is 5.92 Å². The van der Waals surface area contributed by atoms with E-state index in [2.05, 4.69) is 34.4 Å². The Balaban J connectivity index is 2.40. The first-order valence-electron chi connectivity index (χ1n) is 6.41. The van der Waals surface area contributed by atoms with Crippen molar-refractivity contribution in [2.24, 2.45) is 5.92 Å². The lowest BCUT2D eigenvalue weighted by molar-refractivity contribution is 0.0690. The van der Waals surface area contributed by atoms with E-state index in [1.165, 1.54) is 6.20 Å². The number of nitrogens with one attached hydrogen (secondary N) is 1. The van der Waals surface area contributed by atoms with Crippen molar-refractivity contribution in [1.29, 1.82) is 0 Å². The van der Waals surface area contributed by atoms with Gasteiger partial charge in [-0.2, -0.15) is 0 Å². The lowest BCUT2D eigenvalue weighted by Crippen LogP contribution is -2.43. The molecule has 0 fully saturated rings. The molecule has 1 atom stereocenters. The maximum atomic E-state index is 10.7. The van der Waals surface area contributed by atoms with Crippen LogP contribution in [0.2, 0.25) is 0 Å². The molecule has 0 amide bonds. The van der Waals surface area contributed by atoms with Crippen molar-refractivity contribution in [3.63, 3.8) is 0 Å². The topological polar surface area (TPSA) is 83.3 Å². The van der Waals surface area contributed by atoms with Gasteiger partial charge in [0.05, 0.1) is 12.7 Å². The van der Waals surface area contributed by atoms with Crippen molar-refractivity contribution in [1.82, 2.24) is 25.2 Å². The summed E-state index contributed by atoms with van der Waals surface area (Å²) in [5.41, 5.74) is -0.0197. The molecule has 1 rings (SSSR count). The Morgan fingerprint density at radius 1 is 1.53 bits per heavy atom. The van der Waals surface area contributed by atoms with E-state index in [-0.39, 0.29) is 5.69 Å². The molecule has 0 saturated carbocycles. The van der Waals surface area contributed by atoms with E-state index in [0.717, 1.165) is 13.1 Å². The molecule has 0 saturated heterocycles. The number of carboxylic acid groups (broad SMARTS) is 1. The third-order valence-corrected chi connectivity index (χ3v) is 2.87. The van der Waals surface area contributed by atoms with Crippen LogP contribution >= 0.6 is 0 Å². The third-order valence-electron chi connectivity index (χ3n) is 2.87. The fraction of sp³-hybridized carbons (Fsp3) is 0.750. The van der Waals surface area contributed by atoms with E-state index < -0.39 is 5.97 Å².